The lowest BCUT2D eigenvalue weighted by Crippen LogP contribution is -2.21. The van der Waals surface area contributed by atoms with E-state index < -0.39 is 0 Å². The van der Waals surface area contributed by atoms with Crippen LogP contribution < -0.4 is 0 Å². The number of hydrogen-bond acceptors (Lipinski definition) is 3. The minimum Gasteiger partial charge on any atom is -0.206 e. The van der Waals surface area contributed by atoms with Crippen LogP contribution in [0.2, 0.25) is 5.02 Å². The average Bonchev–Trinajstić information content (AvgIpc) is 2.89. The Kier molecular flexibility index (Phi) is 4.03. The van der Waals surface area contributed by atoms with Crippen LogP contribution in [0.4, 0.5) is 0 Å². The van der Waals surface area contributed by atoms with Gasteiger partial charge in [0.05, 0.1) is 6.21 Å². The Balaban J connectivity index is 1.83. The predicted molar refractivity (Wildman–Crippen MR) is 87.5 cm³/mol. The first kappa shape index (κ1) is 13.9. The van der Waals surface area contributed by atoms with E-state index in [1.807, 2.05) is 54.6 Å². The summed E-state index contributed by atoms with van der Waals surface area (Å²) in [7, 11) is 0. The highest BCUT2D eigenvalue weighted by atomic mass is 35.5. The summed E-state index contributed by atoms with van der Waals surface area (Å²) in [5.74, 6) is 0. The summed E-state index contributed by atoms with van der Waals surface area (Å²) in [6, 6.07) is 17.2. The molecule has 1 unspecified atom stereocenters. The first-order chi connectivity index (χ1) is 10.2. The lowest BCUT2D eigenvalue weighted by atomic mass is 10.2. The van der Waals surface area contributed by atoms with E-state index in [0.717, 1.165) is 11.1 Å². The fourth-order valence-corrected chi connectivity index (χ4v) is 2.25. The summed E-state index contributed by atoms with van der Waals surface area (Å²) in [5, 5.41) is 15.2. The average molecular weight is 315 g/mol. The number of nitrogens with zero attached hydrogens (tertiary/aromatic N) is 4. The zero-order valence-electron chi connectivity index (χ0n) is 10.9. The smallest absolute Gasteiger partial charge is 0.206 e. The van der Waals surface area contributed by atoms with Crippen LogP contribution in [0.1, 0.15) is 17.3 Å². The number of benzene rings is 2. The largest absolute Gasteiger partial charge is 0.238 e. The molecule has 0 saturated heterocycles. The van der Waals surface area contributed by atoms with Crippen LogP contribution in [0.5, 0.6) is 0 Å². The van der Waals surface area contributed by atoms with E-state index in [1.54, 1.807) is 11.2 Å². The van der Waals surface area contributed by atoms with Crippen molar-refractivity contribution in [1.82, 2.24) is 5.01 Å². The third kappa shape index (κ3) is 3.15. The normalized spacial score (nSPS) is 17.9. The minimum atomic E-state index is -0.303. The molecule has 0 N–H and O–H groups in total. The molecule has 21 heavy (non-hydrogen) atoms. The van der Waals surface area contributed by atoms with Crippen LogP contribution in [0.15, 0.2) is 69.9 Å². The lowest BCUT2D eigenvalue weighted by Gasteiger charge is -2.17. The third-order valence-corrected chi connectivity index (χ3v) is 3.50. The molecule has 0 spiro atoms. The predicted octanol–water partition coefficient (Wildman–Crippen LogP) is 4.43. The second kappa shape index (κ2) is 6.11. The van der Waals surface area contributed by atoms with Gasteiger partial charge in [-0.25, -0.2) is 5.01 Å². The van der Waals surface area contributed by atoms with E-state index in [0.29, 0.717) is 10.1 Å². The van der Waals surface area contributed by atoms with E-state index >= 15 is 0 Å². The fraction of sp³-hybridized carbons (Fsp3) is 0.0667. The van der Waals surface area contributed by atoms with E-state index in [-0.39, 0.29) is 6.17 Å². The molecule has 0 aliphatic carbocycles. The van der Waals surface area contributed by atoms with E-state index in [2.05, 4.69) is 15.3 Å². The Morgan fingerprint density at radius 3 is 2.52 bits per heavy atom. The van der Waals surface area contributed by atoms with Gasteiger partial charge >= 0.3 is 0 Å². The quantitative estimate of drug-likeness (QED) is 0.621. The molecule has 0 radical (unpaired) electrons. The van der Waals surface area contributed by atoms with Gasteiger partial charge in [-0.2, -0.15) is 10.2 Å². The van der Waals surface area contributed by atoms with Crippen molar-refractivity contribution in [2.24, 2.45) is 15.3 Å². The van der Waals surface area contributed by atoms with Gasteiger partial charge in [-0.1, -0.05) is 54.1 Å². The molecule has 0 bridgehead atoms. The van der Waals surface area contributed by atoms with Gasteiger partial charge in [0.15, 0.2) is 6.17 Å². The molecular weight excluding hydrogens is 304 g/mol. The number of azo groups is 1. The Morgan fingerprint density at radius 2 is 1.81 bits per heavy atom. The highest BCUT2D eigenvalue weighted by Crippen LogP contribution is 2.28. The molecule has 6 heteroatoms. The third-order valence-electron chi connectivity index (χ3n) is 2.98. The first-order valence-electron chi connectivity index (χ1n) is 6.32. The van der Waals surface area contributed by atoms with Crippen LogP contribution in [0.25, 0.3) is 0 Å². The monoisotopic (exact) mass is 314 g/mol. The topological polar surface area (TPSA) is 40.3 Å². The van der Waals surface area contributed by atoms with Crippen LogP contribution >= 0.6 is 23.8 Å². The van der Waals surface area contributed by atoms with Gasteiger partial charge in [0, 0.05) is 10.6 Å². The van der Waals surface area contributed by atoms with Crippen LogP contribution in [-0.2, 0) is 0 Å². The molecule has 3 rings (SSSR count). The maximum Gasteiger partial charge on any atom is 0.238 e. The van der Waals surface area contributed by atoms with Gasteiger partial charge in [-0.3, -0.25) is 0 Å². The molecule has 0 aromatic heterocycles. The minimum absolute atomic E-state index is 0.303. The van der Waals surface area contributed by atoms with Crippen molar-refractivity contribution in [1.29, 1.82) is 0 Å². The van der Waals surface area contributed by atoms with Crippen LogP contribution in [0, 0.1) is 0 Å². The molecule has 104 valence electrons. The Morgan fingerprint density at radius 1 is 1.10 bits per heavy atom. The number of thiocarbonyl (C=S) groups is 1. The molecule has 0 fully saturated rings. The van der Waals surface area contributed by atoms with E-state index in [1.165, 1.54) is 0 Å². The number of hydrazone groups is 1. The zero-order valence-corrected chi connectivity index (χ0v) is 12.5. The molecule has 4 nitrogen and oxygen atoms in total. The van der Waals surface area contributed by atoms with Crippen LogP contribution in [0.3, 0.4) is 0 Å². The van der Waals surface area contributed by atoms with E-state index in [9.17, 15) is 0 Å². The van der Waals surface area contributed by atoms with Crippen molar-refractivity contribution in [2.75, 3.05) is 0 Å². The van der Waals surface area contributed by atoms with Crippen molar-refractivity contribution < 1.29 is 0 Å². The Labute approximate surface area is 132 Å². The van der Waals surface area contributed by atoms with Crippen LogP contribution in [-0.4, -0.2) is 16.3 Å². The standard InChI is InChI=1S/C15H11ClN4S/c16-13-8-6-11(7-9-13)10-17-20-14(18-19-15(20)21)12-4-2-1-3-5-12/h1-10,14H. The summed E-state index contributed by atoms with van der Waals surface area (Å²) in [6.45, 7) is 0. The maximum absolute atomic E-state index is 5.86. The Hall–Kier alpha value is -2.11. The maximum atomic E-state index is 5.86. The van der Waals surface area contributed by atoms with Crippen molar-refractivity contribution in [3.63, 3.8) is 0 Å². The fourth-order valence-electron chi connectivity index (χ4n) is 1.93. The van der Waals surface area contributed by atoms with E-state index in [4.69, 9.17) is 23.8 Å². The Bertz CT molecular complexity index is 697. The second-order valence-corrected chi connectivity index (χ2v) is 5.22. The molecule has 1 aliphatic heterocycles. The molecule has 1 atom stereocenters. The molecule has 0 saturated carbocycles. The molecule has 1 aliphatic rings. The van der Waals surface area contributed by atoms with Crippen molar-refractivity contribution in [3.05, 3.63) is 70.7 Å². The molecule has 2 aromatic rings. The summed E-state index contributed by atoms with van der Waals surface area (Å²) in [6.07, 6.45) is 1.41. The van der Waals surface area contributed by atoms with Gasteiger partial charge < -0.3 is 0 Å². The first-order valence-corrected chi connectivity index (χ1v) is 7.11. The van der Waals surface area contributed by atoms with Crippen molar-refractivity contribution in [2.45, 2.75) is 6.17 Å². The number of halogens is 1. The lowest BCUT2D eigenvalue weighted by molar-refractivity contribution is 0.367. The van der Waals surface area contributed by atoms with Crippen molar-refractivity contribution >= 4 is 35.1 Å². The molecule has 2 aromatic carbocycles. The van der Waals surface area contributed by atoms with Crippen molar-refractivity contribution in [3.8, 4) is 0 Å². The van der Waals surface area contributed by atoms with Gasteiger partial charge in [-0.15, -0.1) is 5.11 Å². The van der Waals surface area contributed by atoms with Gasteiger partial charge in [0.25, 0.3) is 0 Å². The van der Waals surface area contributed by atoms with Gasteiger partial charge in [-0.05, 0) is 29.9 Å². The van der Waals surface area contributed by atoms with Gasteiger partial charge in [0.2, 0.25) is 5.11 Å². The summed E-state index contributed by atoms with van der Waals surface area (Å²) < 4.78 is 0. The highest BCUT2D eigenvalue weighted by Gasteiger charge is 2.27. The SMILES string of the molecule is S=C1N=NC(c2ccccc2)N1N=Cc1ccc(Cl)cc1. The second-order valence-electron chi connectivity index (χ2n) is 4.42. The molecule has 0 amide bonds. The molecular formula is C15H11ClN4S. The number of hydrogen-bond donors (Lipinski definition) is 0. The van der Waals surface area contributed by atoms with Gasteiger partial charge in [0.1, 0.15) is 0 Å². The number of rotatable bonds is 3. The molecule has 1 heterocycles. The zero-order chi connectivity index (χ0) is 14.7. The summed E-state index contributed by atoms with van der Waals surface area (Å²) >= 11 is 11.0. The summed E-state index contributed by atoms with van der Waals surface area (Å²) in [5.41, 5.74) is 1.93. The highest BCUT2D eigenvalue weighted by molar-refractivity contribution is 7.80. The summed E-state index contributed by atoms with van der Waals surface area (Å²) in [4.78, 5) is 0.